The Labute approximate surface area is 169 Å². The minimum Gasteiger partial charge on any atom is -0.493 e. The highest BCUT2D eigenvalue weighted by atomic mass is 16.5. The lowest BCUT2D eigenvalue weighted by Gasteiger charge is -2.07. The van der Waals surface area contributed by atoms with Crippen LogP contribution in [-0.4, -0.2) is 39.2 Å². The minimum absolute atomic E-state index is 0.0711. The molecule has 2 aromatic rings. The number of hydrogen-bond donors (Lipinski definition) is 2. The number of ether oxygens (including phenoxy) is 3. The Balaban J connectivity index is 1.79. The molecule has 0 aliphatic rings. The van der Waals surface area contributed by atoms with Crippen LogP contribution in [0.2, 0.25) is 0 Å². The number of benzene rings is 2. The van der Waals surface area contributed by atoms with Crippen molar-refractivity contribution in [2.75, 3.05) is 27.4 Å². The predicted molar refractivity (Wildman–Crippen MR) is 110 cm³/mol. The Morgan fingerprint density at radius 3 is 2.52 bits per heavy atom. The van der Waals surface area contributed by atoms with E-state index in [2.05, 4.69) is 17.2 Å². The zero-order chi connectivity index (χ0) is 21.1. The molecule has 150 valence electrons. The van der Waals surface area contributed by atoms with Crippen molar-refractivity contribution in [2.45, 2.75) is 0 Å². The van der Waals surface area contributed by atoms with Gasteiger partial charge >= 0.3 is 0 Å². The van der Waals surface area contributed by atoms with E-state index in [1.165, 1.54) is 6.08 Å². The minimum atomic E-state index is -0.568. The van der Waals surface area contributed by atoms with Gasteiger partial charge in [0.25, 0.3) is 5.91 Å². The van der Waals surface area contributed by atoms with Crippen LogP contribution in [0.25, 0.3) is 6.08 Å². The second-order valence-corrected chi connectivity index (χ2v) is 5.67. The van der Waals surface area contributed by atoms with Crippen LogP contribution in [-0.2, 0) is 4.79 Å². The first-order valence-electron chi connectivity index (χ1n) is 8.70. The highest BCUT2D eigenvalue weighted by Gasteiger charge is 2.07. The Morgan fingerprint density at radius 1 is 1.03 bits per heavy atom. The molecule has 0 heterocycles. The molecule has 0 unspecified atom stereocenters. The number of nitrogens with two attached hydrogens (primary N) is 1. The van der Waals surface area contributed by atoms with Gasteiger partial charge in [0.1, 0.15) is 12.4 Å². The van der Waals surface area contributed by atoms with E-state index in [0.717, 1.165) is 5.56 Å². The number of rotatable bonds is 8. The molecular weight excluding hydrogens is 372 g/mol. The molecule has 7 nitrogen and oxygen atoms in total. The summed E-state index contributed by atoms with van der Waals surface area (Å²) < 4.78 is 15.8. The van der Waals surface area contributed by atoms with Gasteiger partial charge in [-0.05, 0) is 35.9 Å². The third-order valence-electron chi connectivity index (χ3n) is 3.76. The quantitative estimate of drug-likeness (QED) is 0.527. The molecule has 0 spiro atoms. The SMILES string of the molecule is COc1ccc(/C=C/C(=O)NCC#CCOc2ccccc2C(N)=O)cc1OC. The van der Waals surface area contributed by atoms with Gasteiger partial charge in [-0.3, -0.25) is 9.59 Å². The topological polar surface area (TPSA) is 99.9 Å². The number of hydrogen-bond acceptors (Lipinski definition) is 5. The fraction of sp³-hybridized carbons (Fsp3) is 0.182. The van der Waals surface area contributed by atoms with Crippen LogP contribution < -0.4 is 25.3 Å². The summed E-state index contributed by atoms with van der Waals surface area (Å²) in [4.78, 5) is 23.2. The molecule has 0 aliphatic heterocycles. The van der Waals surface area contributed by atoms with Crippen molar-refractivity contribution >= 4 is 17.9 Å². The van der Waals surface area contributed by atoms with E-state index in [4.69, 9.17) is 19.9 Å². The summed E-state index contributed by atoms with van der Waals surface area (Å²) >= 11 is 0. The van der Waals surface area contributed by atoms with Crippen molar-refractivity contribution in [2.24, 2.45) is 5.73 Å². The van der Waals surface area contributed by atoms with E-state index < -0.39 is 5.91 Å². The zero-order valence-electron chi connectivity index (χ0n) is 16.2. The van der Waals surface area contributed by atoms with E-state index in [0.29, 0.717) is 22.8 Å². The van der Waals surface area contributed by atoms with Gasteiger partial charge in [0.2, 0.25) is 5.91 Å². The summed E-state index contributed by atoms with van der Waals surface area (Å²) in [5.41, 5.74) is 6.37. The molecule has 0 saturated heterocycles. The molecule has 0 atom stereocenters. The third-order valence-corrected chi connectivity index (χ3v) is 3.76. The maximum absolute atomic E-state index is 11.9. The lowest BCUT2D eigenvalue weighted by molar-refractivity contribution is -0.116. The molecule has 0 fully saturated rings. The fourth-order valence-electron chi connectivity index (χ4n) is 2.34. The fourth-order valence-corrected chi connectivity index (χ4v) is 2.34. The van der Waals surface area contributed by atoms with Crippen molar-refractivity contribution in [3.8, 4) is 29.1 Å². The summed E-state index contributed by atoms with van der Waals surface area (Å²) in [6.07, 6.45) is 3.07. The van der Waals surface area contributed by atoms with Gasteiger partial charge in [-0.2, -0.15) is 0 Å². The Hall–Kier alpha value is -3.92. The van der Waals surface area contributed by atoms with Gasteiger partial charge in [0.05, 0.1) is 26.3 Å². The molecule has 0 radical (unpaired) electrons. The summed E-state index contributed by atoms with van der Waals surface area (Å²) in [6.45, 7) is 0.234. The van der Waals surface area contributed by atoms with Crippen molar-refractivity contribution in [3.63, 3.8) is 0 Å². The monoisotopic (exact) mass is 394 g/mol. The van der Waals surface area contributed by atoms with E-state index >= 15 is 0 Å². The lowest BCUT2D eigenvalue weighted by Crippen LogP contribution is -2.21. The van der Waals surface area contributed by atoms with E-state index in [-0.39, 0.29) is 19.1 Å². The number of primary amides is 1. The van der Waals surface area contributed by atoms with Crippen LogP contribution in [0.15, 0.2) is 48.5 Å². The zero-order valence-corrected chi connectivity index (χ0v) is 16.2. The predicted octanol–water partition coefficient (Wildman–Crippen LogP) is 2.01. The molecule has 0 bridgehead atoms. The van der Waals surface area contributed by atoms with E-state index in [9.17, 15) is 9.59 Å². The van der Waals surface area contributed by atoms with Crippen molar-refractivity contribution in [1.82, 2.24) is 5.32 Å². The normalized spacial score (nSPS) is 10.0. The summed E-state index contributed by atoms with van der Waals surface area (Å²) in [6, 6.07) is 12.0. The molecule has 0 saturated carbocycles. The number of amides is 2. The molecule has 29 heavy (non-hydrogen) atoms. The van der Waals surface area contributed by atoms with E-state index in [1.807, 2.05) is 6.07 Å². The van der Waals surface area contributed by atoms with Crippen LogP contribution >= 0.6 is 0 Å². The first kappa shape index (κ1) is 21.4. The third kappa shape index (κ3) is 6.63. The lowest BCUT2D eigenvalue weighted by atomic mass is 10.2. The first-order chi connectivity index (χ1) is 14.0. The summed E-state index contributed by atoms with van der Waals surface area (Å²) in [5.74, 6) is 6.26. The standard InChI is InChI=1S/C22H22N2O5/c1-27-19-11-9-16(15-20(19)28-2)10-12-21(25)24-13-5-6-14-29-18-8-4-3-7-17(18)22(23)26/h3-4,7-12,15H,13-14H2,1-2H3,(H2,23,26)(H,24,25)/b12-10+. The van der Waals surface area contributed by atoms with Crippen LogP contribution in [0.4, 0.5) is 0 Å². The van der Waals surface area contributed by atoms with Crippen molar-refractivity contribution in [3.05, 3.63) is 59.7 Å². The second kappa shape index (κ2) is 11.0. The van der Waals surface area contributed by atoms with Crippen LogP contribution in [0.3, 0.4) is 0 Å². The Morgan fingerprint density at radius 2 is 1.79 bits per heavy atom. The molecule has 3 N–H and O–H groups in total. The number of methoxy groups -OCH3 is 2. The summed E-state index contributed by atoms with van der Waals surface area (Å²) in [5, 5.41) is 2.65. The van der Waals surface area contributed by atoms with Gasteiger partial charge in [0.15, 0.2) is 11.5 Å². The average molecular weight is 394 g/mol. The number of para-hydroxylation sites is 1. The molecule has 0 aliphatic carbocycles. The summed E-state index contributed by atoms with van der Waals surface area (Å²) in [7, 11) is 3.11. The van der Waals surface area contributed by atoms with Crippen LogP contribution in [0.1, 0.15) is 15.9 Å². The smallest absolute Gasteiger partial charge is 0.252 e. The highest BCUT2D eigenvalue weighted by molar-refractivity contribution is 5.95. The number of carbonyl (C=O) groups excluding carboxylic acids is 2. The first-order valence-corrected chi connectivity index (χ1v) is 8.70. The largest absolute Gasteiger partial charge is 0.493 e. The number of nitrogens with one attached hydrogen (secondary N) is 1. The van der Waals surface area contributed by atoms with Crippen LogP contribution in [0, 0.1) is 11.8 Å². The van der Waals surface area contributed by atoms with E-state index in [1.54, 1.807) is 56.7 Å². The highest BCUT2D eigenvalue weighted by Crippen LogP contribution is 2.27. The second-order valence-electron chi connectivity index (χ2n) is 5.67. The molecule has 2 rings (SSSR count). The maximum Gasteiger partial charge on any atom is 0.252 e. The molecule has 7 heteroatoms. The Kier molecular flexibility index (Phi) is 8.14. The van der Waals surface area contributed by atoms with Crippen molar-refractivity contribution in [1.29, 1.82) is 0 Å². The molecule has 0 aromatic heterocycles. The van der Waals surface area contributed by atoms with Gasteiger partial charge in [0, 0.05) is 6.08 Å². The van der Waals surface area contributed by atoms with Gasteiger partial charge in [-0.15, -0.1) is 0 Å². The van der Waals surface area contributed by atoms with Gasteiger partial charge in [-0.1, -0.05) is 30.0 Å². The van der Waals surface area contributed by atoms with Gasteiger partial charge < -0.3 is 25.3 Å². The molecule has 2 amide bonds. The van der Waals surface area contributed by atoms with Crippen LogP contribution in [0.5, 0.6) is 17.2 Å². The molecule has 2 aromatic carbocycles. The molecular formula is C22H22N2O5. The average Bonchev–Trinajstić information content (AvgIpc) is 2.74. The van der Waals surface area contributed by atoms with Crippen molar-refractivity contribution < 1.29 is 23.8 Å². The maximum atomic E-state index is 11.9. The number of carbonyl (C=O) groups is 2. The Bertz CT molecular complexity index is 957. The van der Waals surface area contributed by atoms with Gasteiger partial charge in [-0.25, -0.2) is 0 Å².